The molecule has 0 saturated carbocycles. The number of hydrogen-bond acceptors (Lipinski definition) is 4. The van der Waals surface area contributed by atoms with Crippen LogP contribution in [0.5, 0.6) is 0 Å². The predicted octanol–water partition coefficient (Wildman–Crippen LogP) is 1.97. The van der Waals surface area contributed by atoms with Crippen LogP contribution in [0.25, 0.3) is 0 Å². The molecule has 4 nitrogen and oxygen atoms in total. The van der Waals surface area contributed by atoms with E-state index in [1.165, 1.54) is 12.1 Å². The molecule has 0 spiro atoms. The second-order valence-electron chi connectivity index (χ2n) is 5.08. The van der Waals surface area contributed by atoms with Gasteiger partial charge in [0.2, 0.25) is 10.0 Å². The highest BCUT2D eigenvalue weighted by atomic mass is 32.2. The first kappa shape index (κ1) is 17.4. The lowest BCUT2D eigenvalue weighted by molar-refractivity contribution is 0.549. The maximum Gasteiger partial charge on any atom is 0.243 e. The Balaban J connectivity index is 2.93. The summed E-state index contributed by atoms with van der Waals surface area (Å²) in [7, 11) is -2.08. The van der Waals surface area contributed by atoms with Gasteiger partial charge in [-0.15, -0.1) is 0 Å². The monoisotopic (exact) mass is 320 g/mol. The number of benzene rings is 1. The lowest BCUT2D eigenvalue weighted by Gasteiger charge is -2.22. The van der Waals surface area contributed by atoms with Gasteiger partial charge in [-0.3, -0.25) is 0 Å². The van der Waals surface area contributed by atoms with Crippen molar-refractivity contribution in [2.24, 2.45) is 0 Å². The van der Waals surface area contributed by atoms with Gasteiger partial charge >= 0.3 is 0 Å². The zero-order chi connectivity index (χ0) is 15.4. The predicted molar refractivity (Wildman–Crippen MR) is 81.9 cm³/mol. The van der Waals surface area contributed by atoms with Gasteiger partial charge in [-0.25, -0.2) is 17.5 Å². The maximum atomic E-state index is 13.9. The Labute approximate surface area is 124 Å². The van der Waals surface area contributed by atoms with E-state index in [4.69, 9.17) is 0 Å². The van der Waals surface area contributed by atoms with Crippen molar-refractivity contribution in [1.29, 1.82) is 0 Å². The van der Waals surface area contributed by atoms with Gasteiger partial charge in [-0.1, -0.05) is 6.07 Å². The molecule has 1 aromatic rings. The number of thioether (sulfide) groups is 1. The summed E-state index contributed by atoms with van der Waals surface area (Å²) in [6.45, 7) is 4.58. The van der Waals surface area contributed by atoms with Crippen molar-refractivity contribution in [3.63, 3.8) is 0 Å². The van der Waals surface area contributed by atoms with Crippen molar-refractivity contribution >= 4 is 21.8 Å². The van der Waals surface area contributed by atoms with Crippen molar-refractivity contribution in [2.75, 3.05) is 19.8 Å². The van der Waals surface area contributed by atoms with E-state index in [0.29, 0.717) is 12.1 Å². The van der Waals surface area contributed by atoms with Gasteiger partial charge in [-0.05, 0) is 44.8 Å². The molecule has 2 N–H and O–H groups in total. The summed E-state index contributed by atoms with van der Waals surface area (Å²) in [6.07, 6.45) is 1.90. The molecular formula is C13H21FN2O2S2. The fourth-order valence-electron chi connectivity index (χ4n) is 1.50. The molecule has 0 bridgehead atoms. The average Bonchev–Trinajstić information content (AvgIpc) is 2.37. The highest BCUT2D eigenvalue weighted by Gasteiger charge is 2.23. The summed E-state index contributed by atoms with van der Waals surface area (Å²) in [5, 5.41) is 2.89. The van der Waals surface area contributed by atoms with Crippen LogP contribution in [0.2, 0.25) is 0 Å². The molecule has 0 heterocycles. The van der Waals surface area contributed by atoms with E-state index < -0.39 is 15.8 Å². The Morgan fingerprint density at radius 1 is 1.35 bits per heavy atom. The Morgan fingerprint density at radius 3 is 2.50 bits per heavy atom. The summed E-state index contributed by atoms with van der Waals surface area (Å²) in [5.74, 6) is -0.729. The van der Waals surface area contributed by atoms with Gasteiger partial charge in [0.25, 0.3) is 0 Å². The lowest BCUT2D eigenvalue weighted by atomic mass is 10.2. The van der Waals surface area contributed by atoms with Crippen molar-refractivity contribution < 1.29 is 12.8 Å². The van der Waals surface area contributed by atoms with Gasteiger partial charge in [0.15, 0.2) is 0 Å². The fourth-order valence-corrected chi connectivity index (χ4v) is 3.07. The molecule has 0 amide bonds. The van der Waals surface area contributed by atoms with Gasteiger partial charge < -0.3 is 5.32 Å². The molecule has 0 radical (unpaired) electrons. The summed E-state index contributed by atoms with van der Waals surface area (Å²) < 4.78 is 40.4. The van der Waals surface area contributed by atoms with Crippen molar-refractivity contribution in [1.82, 2.24) is 10.0 Å². The first-order chi connectivity index (χ1) is 9.22. The van der Waals surface area contributed by atoms with Crippen LogP contribution >= 0.6 is 11.8 Å². The third-order valence-electron chi connectivity index (χ3n) is 2.91. The van der Waals surface area contributed by atoms with Crippen molar-refractivity contribution in [3.05, 3.63) is 29.6 Å². The number of nitrogens with one attached hydrogen (secondary N) is 2. The first-order valence-electron chi connectivity index (χ1n) is 6.20. The number of sulfonamides is 1. The molecule has 0 fully saturated rings. The van der Waals surface area contributed by atoms with E-state index >= 15 is 0 Å². The minimum atomic E-state index is -3.82. The second-order valence-corrected chi connectivity index (χ2v) is 8.33. The van der Waals surface area contributed by atoms with Gasteiger partial charge in [0.05, 0.1) is 0 Å². The van der Waals surface area contributed by atoms with Crippen LogP contribution in [0.3, 0.4) is 0 Å². The minimum Gasteiger partial charge on any atom is -0.316 e. The molecule has 0 aliphatic carbocycles. The minimum absolute atomic E-state index is 0.240. The summed E-state index contributed by atoms with van der Waals surface area (Å²) in [6, 6.07) is 4.15. The molecule has 1 aromatic carbocycles. The van der Waals surface area contributed by atoms with Crippen LogP contribution in [0, 0.1) is 5.82 Å². The van der Waals surface area contributed by atoms with Crippen LogP contribution in [0.15, 0.2) is 23.1 Å². The van der Waals surface area contributed by atoms with E-state index in [2.05, 4.69) is 10.0 Å². The molecule has 0 aliphatic rings. The molecule has 20 heavy (non-hydrogen) atoms. The molecule has 7 heteroatoms. The normalized spacial score (nSPS) is 12.7. The molecule has 0 atom stereocenters. The van der Waals surface area contributed by atoms with Gasteiger partial charge in [0, 0.05) is 17.8 Å². The van der Waals surface area contributed by atoms with Crippen LogP contribution in [-0.4, -0.2) is 33.0 Å². The molecule has 0 unspecified atom stereocenters. The first-order valence-corrected chi connectivity index (χ1v) is 8.90. The highest BCUT2D eigenvalue weighted by Crippen LogP contribution is 2.21. The summed E-state index contributed by atoms with van der Waals surface area (Å²) in [5.41, 5.74) is 0.702. The third kappa shape index (κ3) is 4.73. The van der Waals surface area contributed by atoms with E-state index in [9.17, 15) is 12.8 Å². The van der Waals surface area contributed by atoms with Crippen molar-refractivity contribution in [3.8, 4) is 0 Å². The lowest BCUT2D eigenvalue weighted by Crippen LogP contribution is -2.36. The molecule has 1 rings (SSSR count). The highest BCUT2D eigenvalue weighted by molar-refractivity contribution is 8.00. The van der Waals surface area contributed by atoms with E-state index in [-0.39, 0.29) is 16.2 Å². The zero-order valence-electron chi connectivity index (χ0n) is 12.2. The van der Waals surface area contributed by atoms with Gasteiger partial charge in [-0.2, -0.15) is 11.8 Å². The van der Waals surface area contributed by atoms with Crippen molar-refractivity contribution in [2.45, 2.75) is 30.0 Å². The maximum absolute atomic E-state index is 13.9. The second kappa shape index (κ2) is 6.89. The fraction of sp³-hybridized carbons (Fsp3) is 0.538. The molecule has 0 saturated heterocycles. The van der Waals surface area contributed by atoms with Crippen LogP contribution in [-0.2, 0) is 16.6 Å². The Kier molecular flexibility index (Phi) is 6.00. The number of halogens is 1. The van der Waals surface area contributed by atoms with Gasteiger partial charge in [0.1, 0.15) is 10.7 Å². The Bertz CT molecular complexity index is 559. The molecular weight excluding hydrogens is 299 g/mol. The summed E-state index contributed by atoms with van der Waals surface area (Å²) in [4.78, 5) is -0.311. The van der Waals surface area contributed by atoms with E-state index in [0.717, 1.165) is 0 Å². The largest absolute Gasteiger partial charge is 0.316 e. The van der Waals surface area contributed by atoms with E-state index in [1.807, 2.05) is 20.1 Å². The molecule has 0 aliphatic heterocycles. The topological polar surface area (TPSA) is 58.2 Å². The Hall–Kier alpha value is -0.630. The third-order valence-corrected chi connectivity index (χ3v) is 5.59. The molecule has 0 aromatic heterocycles. The summed E-state index contributed by atoms with van der Waals surface area (Å²) >= 11 is 1.55. The van der Waals surface area contributed by atoms with Crippen LogP contribution in [0.4, 0.5) is 4.39 Å². The SMILES string of the molecule is CNCc1ccc(S(=O)(=O)NCC(C)(C)SC)c(F)c1. The zero-order valence-corrected chi connectivity index (χ0v) is 13.8. The number of hydrogen-bond donors (Lipinski definition) is 2. The van der Waals surface area contributed by atoms with Crippen LogP contribution < -0.4 is 10.0 Å². The molecule has 114 valence electrons. The standard InChI is InChI=1S/C13H21FN2O2S2/c1-13(2,19-4)9-16-20(17,18)12-6-5-10(8-15-3)7-11(12)14/h5-7,15-16H,8-9H2,1-4H3. The number of rotatable bonds is 7. The smallest absolute Gasteiger partial charge is 0.243 e. The quantitative estimate of drug-likeness (QED) is 0.806. The Morgan fingerprint density at radius 2 is 2.00 bits per heavy atom. The average molecular weight is 320 g/mol. The van der Waals surface area contributed by atoms with E-state index in [1.54, 1.807) is 24.9 Å². The van der Waals surface area contributed by atoms with Crippen LogP contribution in [0.1, 0.15) is 19.4 Å².